The lowest BCUT2D eigenvalue weighted by Crippen LogP contribution is -2.51. The molecule has 1 aliphatic rings. The molecular formula is C22H44O4. The summed E-state index contributed by atoms with van der Waals surface area (Å²) < 4.78 is 0. The van der Waals surface area contributed by atoms with Crippen LogP contribution >= 0.6 is 0 Å². The van der Waals surface area contributed by atoms with Crippen molar-refractivity contribution >= 4 is 0 Å². The smallest absolute Gasteiger partial charge is 0.227 e. The molecule has 0 amide bonds. The molecule has 1 rings (SSSR count). The predicted molar refractivity (Wildman–Crippen MR) is 106 cm³/mol. The van der Waals surface area contributed by atoms with Crippen LogP contribution in [0, 0.1) is 11.8 Å². The van der Waals surface area contributed by atoms with Crippen LogP contribution in [0.2, 0.25) is 0 Å². The van der Waals surface area contributed by atoms with Crippen molar-refractivity contribution in [2.24, 2.45) is 11.8 Å². The molecule has 0 bridgehead atoms. The first-order valence-electron chi connectivity index (χ1n) is 10.9. The Bertz CT molecular complexity index is 376. The van der Waals surface area contributed by atoms with E-state index in [0.29, 0.717) is 5.92 Å². The first-order chi connectivity index (χ1) is 12.2. The highest BCUT2D eigenvalue weighted by molar-refractivity contribution is 4.85. The van der Waals surface area contributed by atoms with E-state index in [9.17, 15) is 0 Å². The fourth-order valence-electron chi connectivity index (χ4n) is 3.79. The van der Waals surface area contributed by atoms with Crippen LogP contribution in [-0.2, 0) is 19.6 Å². The van der Waals surface area contributed by atoms with Gasteiger partial charge >= 0.3 is 0 Å². The minimum Gasteiger partial charge on any atom is -0.227 e. The summed E-state index contributed by atoms with van der Waals surface area (Å²) >= 11 is 0. The Hall–Kier alpha value is -0.160. The first-order valence-corrected chi connectivity index (χ1v) is 10.9. The Labute approximate surface area is 162 Å². The van der Waals surface area contributed by atoms with E-state index in [1.807, 2.05) is 0 Å². The van der Waals surface area contributed by atoms with Gasteiger partial charge in [-0.3, -0.25) is 0 Å². The standard InChI is InChI=1S/C22H44O4/c1-9-15-20(7,11-3)23-25-22(17-13-14-18(5)19(22)6)26-24-21(8,12-4)16-10-2/h18-19H,9-17H2,1-8H3. The second kappa shape index (κ2) is 10.4. The van der Waals surface area contributed by atoms with Crippen molar-refractivity contribution < 1.29 is 19.6 Å². The van der Waals surface area contributed by atoms with Crippen LogP contribution in [0.15, 0.2) is 0 Å². The van der Waals surface area contributed by atoms with Gasteiger partial charge in [0, 0.05) is 12.3 Å². The highest BCUT2D eigenvalue weighted by Gasteiger charge is 2.49. The molecule has 0 aliphatic heterocycles. The molecule has 0 heterocycles. The van der Waals surface area contributed by atoms with Gasteiger partial charge in [-0.15, -0.1) is 0 Å². The van der Waals surface area contributed by atoms with Crippen molar-refractivity contribution in [1.82, 2.24) is 0 Å². The van der Waals surface area contributed by atoms with E-state index < -0.39 is 5.79 Å². The lowest BCUT2D eigenvalue weighted by molar-refractivity contribution is -0.561. The average Bonchev–Trinajstić information content (AvgIpc) is 2.63. The second-order valence-electron chi connectivity index (χ2n) is 8.91. The monoisotopic (exact) mass is 372 g/mol. The third kappa shape index (κ3) is 6.19. The summed E-state index contributed by atoms with van der Waals surface area (Å²) in [7, 11) is 0. The maximum Gasteiger partial charge on any atom is 0.236 e. The van der Waals surface area contributed by atoms with Gasteiger partial charge in [-0.2, -0.15) is 9.78 Å². The van der Waals surface area contributed by atoms with Crippen LogP contribution in [0.1, 0.15) is 113 Å². The van der Waals surface area contributed by atoms with E-state index in [0.717, 1.165) is 51.4 Å². The summed E-state index contributed by atoms with van der Waals surface area (Å²) in [5.74, 6) is -0.109. The van der Waals surface area contributed by atoms with Gasteiger partial charge < -0.3 is 0 Å². The molecule has 0 N–H and O–H groups in total. The van der Waals surface area contributed by atoms with Gasteiger partial charge in [-0.05, 0) is 51.9 Å². The molecule has 0 aromatic heterocycles. The Morgan fingerprint density at radius 1 is 0.846 bits per heavy atom. The van der Waals surface area contributed by atoms with Crippen LogP contribution in [-0.4, -0.2) is 17.0 Å². The van der Waals surface area contributed by atoms with Gasteiger partial charge in [0.1, 0.15) is 11.2 Å². The molecule has 0 aromatic rings. The molecule has 1 saturated carbocycles. The number of hydrogen-bond acceptors (Lipinski definition) is 4. The van der Waals surface area contributed by atoms with Crippen LogP contribution < -0.4 is 0 Å². The highest BCUT2D eigenvalue weighted by atomic mass is 17.3. The lowest BCUT2D eigenvalue weighted by Gasteiger charge is -2.45. The number of hydrogen-bond donors (Lipinski definition) is 0. The van der Waals surface area contributed by atoms with Crippen molar-refractivity contribution in [1.29, 1.82) is 0 Å². The zero-order chi connectivity index (χ0) is 19.8. The Morgan fingerprint density at radius 3 is 1.69 bits per heavy atom. The van der Waals surface area contributed by atoms with Crippen LogP contribution in [0.5, 0.6) is 0 Å². The summed E-state index contributed by atoms with van der Waals surface area (Å²) in [6, 6.07) is 0. The molecule has 0 spiro atoms. The van der Waals surface area contributed by atoms with Gasteiger partial charge in [0.2, 0.25) is 5.79 Å². The summed E-state index contributed by atoms with van der Waals surface area (Å²) in [5, 5.41) is 0. The van der Waals surface area contributed by atoms with Gasteiger partial charge in [0.15, 0.2) is 0 Å². The molecule has 1 aliphatic carbocycles. The largest absolute Gasteiger partial charge is 0.236 e. The predicted octanol–water partition coefficient (Wildman–Crippen LogP) is 6.97. The zero-order valence-corrected chi connectivity index (χ0v) is 18.7. The van der Waals surface area contributed by atoms with Crippen LogP contribution in [0.25, 0.3) is 0 Å². The third-order valence-electron chi connectivity index (χ3n) is 6.55. The fraction of sp³-hybridized carbons (Fsp3) is 1.00. The van der Waals surface area contributed by atoms with Crippen molar-refractivity contribution in [2.45, 2.75) is 130 Å². The minimum absolute atomic E-state index is 0.210. The molecule has 4 nitrogen and oxygen atoms in total. The third-order valence-corrected chi connectivity index (χ3v) is 6.55. The minimum atomic E-state index is -0.827. The van der Waals surface area contributed by atoms with Gasteiger partial charge in [-0.25, -0.2) is 9.78 Å². The summed E-state index contributed by atoms with van der Waals surface area (Å²) in [6.07, 6.45) is 8.93. The second-order valence-corrected chi connectivity index (χ2v) is 8.91. The molecule has 4 atom stereocenters. The summed E-state index contributed by atoms with van der Waals surface area (Å²) in [6.45, 7) is 17.3. The average molecular weight is 373 g/mol. The fourth-order valence-corrected chi connectivity index (χ4v) is 3.79. The quantitative estimate of drug-likeness (QED) is 0.210. The van der Waals surface area contributed by atoms with E-state index >= 15 is 0 Å². The van der Waals surface area contributed by atoms with Gasteiger partial charge in [-0.1, -0.05) is 60.8 Å². The maximum absolute atomic E-state index is 6.13. The van der Waals surface area contributed by atoms with E-state index in [2.05, 4.69) is 55.4 Å². The van der Waals surface area contributed by atoms with E-state index in [1.54, 1.807) is 0 Å². The van der Waals surface area contributed by atoms with Gasteiger partial charge in [0.05, 0.1) is 0 Å². The zero-order valence-electron chi connectivity index (χ0n) is 18.7. The van der Waals surface area contributed by atoms with Crippen LogP contribution in [0.4, 0.5) is 0 Å². The molecule has 0 saturated heterocycles. The SMILES string of the molecule is CCCC(C)(CC)OOC1(OOC(C)(CC)CCC)CCCC(C)C1C. The summed E-state index contributed by atoms with van der Waals surface area (Å²) in [5.41, 5.74) is -0.577. The van der Waals surface area contributed by atoms with Crippen molar-refractivity contribution in [3.63, 3.8) is 0 Å². The van der Waals surface area contributed by atoms with Crippen molar-refractivity contribution in [3.8, 4) is 0 Å². The molecule has 4 heteroatoms. The molecule has 4 unspecified atom stereocenters. The number of rotatable bonds is 12. The first kappa shape index (κ1) is 23.9. The molecule has 0 aromatic carbocycles. The summed E-state index contributed by atoms with van der Waals surface area (Å²) in [4.78, 5) is 24.3. The Kier molecular flexibility index (Phi) is 9.55. The van der Waals surface area contributed by atoms with Crippen LogP contribution in [0.3, 0.4) is 0 Å². The van der Waals surface area contributed by atoms with Crippen molar-refractivity contribution in [2.75, 3.05) is 0 Å². The molecule has 1 fully saturated rings. The molecule has 156 valence electrons. The molecule has 0 radical (unpaired) electrons. The lowest BCUT2D eigenvalue weighted by atomic mass is 9.77. The Balaban J connectivity index is 2.93. The Morgan fingerprint density at radius 2 is 1.31 bits per heavy atom. The normalized spacial score (nSPS) is 31.4. The highest BCUT2D eigenvalue weighted by Crippen LogP contribution is 2.43. The topological polar surface area (TPSA) is 36.9 Å². The van der Waals surface area contributed by atoms with Crippen molar-refractivity contribution in [3.05, 3.63) is 0 Å². The van der Waals surface area contributed by atoms with E-state index in [1.165, 1.54) is 6.42 Å². The van der Waals surface area contributed by atoms with E-state index in [4.69, 9.17) is 19.6 Å². The van der Waals surface area contributed by atoms with Gasteiger partial charge in [0.25, 0.3) is 0 Å². The molecular weight excluding hydrogens is 328 g/mol. The van der Waals surface area contributed by atoms with E-state index in [-0.39, 0.29) is 17.1 Å². The maximum atomic E-state index is 6.13. The molecule has 26 heavy (non-hydrogen) atoms.